The number of amides is 3. The smallest absolute Gasteiger partial charge is 0.280 e. The molecule has 3 aromatic carbocycles. The second kappa shape index (κ2) is 14.4. The molecule has 0 bridgehead atoms. The summed E-state index contributed by atoms with van der Waals surface area (Å²) in [5.74, 6) is -0.850. The van der Waals surface area contributed by atoms with Gasteiger partial charge in [0, 0.05) is 28.7 Å². The van der Waals surface area contributed by atoms with Crippen LogP contribution in [0.25, 0.3) is 0 Å². The molecule has 3 amide bonds. The third-order valence-corrected chi connectivity index (χ3v) is 9.09. The number of aromatic nitrogens is 2. The molecule has 0 aliphatic carbocycles. The molecule has 1 aliphatic rings. The summed E-state index contributed by atoms with van der Waals surface area (Å²) in [4.78, 5) is 40.4. The third kappa shape index (κ3) is 7.36. The summed E-state index contributed by atoms with van der Waals surface area (Å²) in [6.07, 6.45) is 3.72. The van der Waals surface area contributed by atoms with E-state index >= 15 is 0 Å². The summed E-state index contributed by atoms with van der Waals surface area (Å²) in [6, 6.07) is 15.9. The van der Waals surface area contributed by atoms with E-state index in [9.17, 15) is 14.4 Å². The van der Waals surface area contributed by atoms with Crippen LogP contribution in [-0.4, -0.2) is 39.4 Å². The van der Waals surface area contributed by atoms with Crippen LogP contribution < -0.4 is 20.4 Å². The van der Waals surface area contributed by atoms with Crippen molar-refractivity contribution in [2.45, 2.75) is 65.0 Å². The molecule has 13 heteroatoms. The highest BCUT2D eigenvalue weighted by molar-refractivity contribution is 6.43. The Bertz CT molecular complexity index is 1870. The number of amidine groups is 1. The molecule has 10 nitrogen and oxygen atoms in total. The van der Waals surface area contributed by atoms with E-state index in [2.05, 4.69) is 47.7 Å². The van der Waals surface area contributed by atoms with Gasteiger partial charge in [-0.3, -0.25) is 19.1 Å². The fourth-order valence-electron chi connectivity index (χ4n) is 5.14. The van der Waals surface area contributed by atoms with Gasteiger partial charge in [-0.25, -0.2) is 0 Å². The van der Waals surface area contributed by atoms with E-state index in [0.717, 1.165) is 17.0 Å². The summed E-state index contributed by atoms with van der Waals surface area (Å²) in [6.45, 7) is 10.4. The van der Waals surface area contributed by atoms with Crippen LogP contribution in [0.2, 0.25) is 15.1 Å². The van der Waals surface area contributed by atoms with Crippen LogP contribution in [0.5, 0.6) is 5.75 Å². The van der Waals surface area contributed by atoms with Crippen LogP contribution in [0.15, 0.2) is 78.2 Å². The van der Waals surface area contributed by atoms with Crippen molar-refractivity contribution >= 4 is 69.7 Å². The largest absolute Gasteiger partial charge is 0.480 e. The number of ether oxygens (including phenoxy) is 1. The van der Waals surface area contributed by atoms with Gasteiger partial charge in [-0.2, -0.15) is 10.1 Å². The number of hydrazone groups is 1. The molecule has 0 saturated carbocycles. The SMILES string of the molecule is CCC(Oc1ccc(C(C)(C)CC)cc1C)C(=O)Nc1cccc(C(=O)NC2=NN(c3c(Cl)cc(Cl)cc3Cl)C(=O)C2n2cccn2)c1. The van der Waals surface area contributed by atoms with E-state index < -0.39 is 24.0 Å². The maximum Gasteiger partial charge on any atom is 0.280 e. The zero-order valence-corrected chi connectivity index (χ0v) is 29.3. The number of rotatable bonds is 10. The molecule has 1 aliphatic heterocycles. The number of hydrogen-bond acceptors (Lipinski definition) is 6. The topological polar surface area (TPSA) is 118 Å². The van der Waals surface area contributed by atoms with Crippen LogP contribution in [0, 0.1) is 6.92 Å². The quantitative estimate of drug-likeness (QED) is 0.173. The summed E-state index contributed by atoms with van der Waals surface area (Å²) in [7, 11) is 0. The highest BCUT2D eigenvalue weighted by Gasteiger charge is 2.41. The Morgan fingerprint density at radius 2 is 1.73 bits per heavy atom. The van der Waals surface area contributed by atoms with Gasteiger partial charge in [0.2, 0.25) is 0 Å². The van der Waals surface area contributed by atoms with E-state index in [1.165, 1.54) is 34.6 Å². The number of aryl methyl sites for hydroxylation is 1. The van der Waals surface area contributed by atoms with Crippen molar-refractivity contribution in [2.24, 2.45) is 5.10 Å². The highest BCUT2D eigenvalue weighted by atomic mass is 35.5. The molecule has 4 aromatic rings. The standard InChI is InChI=1S/C35H35Cl3N6O4/c1-6-27(48-28-13-12-22(16-20(28)3)35(4,5)7-2)33(46)40-24-11-8-10-21(17-24)32(45)41-31-30(43-15-9-14-39-43)34(47)44(42-31)29-25(37)18-23(36)19-26(29)38/h8-19,27,30H,6-7H2,1-5H3,(H,40,46)(H,41,42,45). The van der Waals surface area contributed by atoms with E-state index in [1.807, 2.05) is 26.0 Å². The van der Waals surface area contributed by atoms with Crippen LogP contribution in [0.3, 0.4) is 0 Å². The predicted octanol–water partition coefficient (Wildman–Crippen LogP) is 7.97. The summed E-state index contributed by atoms with van der Waals surface area (Å²) >= 11 is 18.8. The fourth-order valence-corrected chi connectivity index (χ4v) is 6.12. The van der Waals surface area contributed by atoms with Crippen molar-refractivity contribution < 1.29 is 19.1 Å². The van der Waals surface area contributed by atoms with Crippen LogP contribution in [0.4, 0.5) is 11.4 Å². The van der Waals surface area contributed by atoms with Gasteiger partial charge in [0.15, 0.2) is 18.0 Å². The first-order chi connectivity index (χ1) is 22.8. The second-order valence-electron chi connectivity index (χ2n) is 12.0. The number of halogens is 3. The van der Waals surface area contributed by atoms with Gasteiger partial charge in [0.05, 0.1) is 10.0 Å². The molecule has 0 radical (unpaired) electrons. The Morgan fingerprint density at radius 3 is 2.35 bits per heavy atom. The minimum absolute atomic E-state index is 0.00613. The zero-order chi connectivity index (χ0) is 34.7. The lowest BCUT2D eigenvalue weighted by atomic mass is 9.81. The van der Waals surface area contributed by atoms with E-state index in [0.29, 0.717) is 17.9 Å². The van der Waals surface area contributed by atoms with Crippen molar-refractivity contribution in [2.75, 3.05) is 10.3 Å². The molecule has 2 heterocycles. The first-order valence-electron chi connectivity index (χ1n) is 15.4. The number of nitrogens with zero attached hydrogens (tertiary/aromatic N) is 4. The number of benzene rings is 3. The molecule has 48 heavy (non-hydrogen) atoms. The number of anilines is 2. The maximum absolute atomic E-state index is 13.6. The van der Waals surface area contributed by atoms with Gasteiger partial charge >= 0.3 is 0 Å². The van der Waals surface area contributed by atoms with E-state index in [1.54, 1.807) is 30.5 Å². The Balaban J connectivity index is 1.33. The van der Waals surface area contributed by atoms with Crippen molar-refractivity contribution in [1.29, 1.82) is 0 Å². The molecule has 2 atom stereocenters. The van der Waals surface area contributed by atoms with Gasteiger partial charge in [-0.1, -0.05) is 80.7 Å². The lowest BCUT2D eigenvalue weighted by Crippen LogP contribution is -2.38. The monoisotopic (exact) mass is 708 g/mol. The minimum Gasteiger partial charge on any atom is -0.480 e. The molecule has 2 N–H and O–H groups in total. The number of hydrogen-bond donors (Lipinski definition) is 2. The van der Waals surface area contributed by atoms with Crippen LogP contribution >= 0.6 is 34.8 Å². The minimum atomic E-state index is -1.11. The van der Waals surface area contributed by atoms with Gasteiger partial charge in [0.25, 0.3) is 17.7 Å². The molecular formula is C35H35Cl3N6O4. The van der Waals surface area contributed by atoms with E-state index in [4.69, 9.17) is 39.5 Å². The normalized spacial score (nSPS) is 15.2. The first kappa shape index (κ1) is 34.9. The molecule has 0 spiro atoms. The number of carbonyl (C=O) groups is 3. The van der Waals surface area contributed by atoms with Gasteiger partial charge in [0.1, 0.15) is 11.4 Å². The maximum atomic E-state index is 13.6. The average molecular weight is 710 g/mol. The summed E-state index contributed by atoms with van der Waals surface area (Å²) in [5, 5.41) is 15.6. The van der Waals surface area contributed by atoms with Crippen LogP contribution in [0.1, 0.15) is 68.1 Å². The van der Waals surface area contributed by atoms with Gasteiger partial charge < -0.3 is 15.4 Å². The second-order valence-corrected chi connectivity index (χ2v) is 13.2. The number of nitrogens with one attached hydrogen (secondary N) is 2. The lowest BCUT2D eigenvalue weighted by Gasteiger charge is -2.25. The van der Waals surface area contributed by atoms with Crippen molar-refractivity contribution in [1.82, 2.24) is 15.1 Å². The van der Waals surface area contributed by atoms with Crippen molar-refractivity contribution in [3.63, 3.8) is 0 Å². The number of carbonyl (C=O) groups excluding carboxylic acids is 3. The predicted molar refractivity (Wildman–Crippen MR) is 189 cm³/mol. The fraction of sp³-hybridized carbons (Fsp3) is 0.286. The molecule has 0 fully saturated rings. The van der Waals surface area contributed by atoms with Crippen molar-refractivity contribution in [3.05, 3.63) is 105 Å². The van der Waals surface area contributed by atoms with Crippen LogP contribution in [-0.2, 0) is 15.0 Å². The zero-order valence-electron chi connectivity index (χ0n) is 27.1. The molecule has 250 valence electrons. The Hall–Kier alpha value is -4.38. The molecular weight excluding hydrogens is 675 g/mol. The first-order valence-corrected chi connectivity index (χ1v) is 16.5. The Morgan fingerprint density at radius 1 is 1.00 bits per heavy atom. The third-order valence-electron chi connectivity index (χ3n) is 8.30. The molecule has 5 rings (SSSR count). The molecule has 2 unspecified atom stereocenters. The van der Waals surface area contributed by atoms with E-state index in [-0.39, 0.29) is 43.5 Å². The lowest BCUT2D eigenvalue weighted by molar-refractivity contribution is -0.123. The molecule has 0 saturated heterocycles. The molecule has 1 aromatic heterocycles. The van der Waals surface area contributed by atoms with Gasteiger partial charge in [-0.15, -0.1) is 5.10 Å². The Labute approximate surface area is 294 Å². The average Bonchev–Trinajstić information content (AvgIpc) is 3.67. The Kier molecular flexibility index (Phi) is 10.5. The van der Waals surface area contributed by atoms with Gasteiger partial charge in [-0.05, 0) is 78.8 Å². The van der Waals surface area contributed by atoms with Crippen molar-refractivity contribution in [3.8, 4) is 5.75 Å². The highest BCUT2D eigenvalue weighted by Crippen LogP contribution is 2.39. The summed E-state index contributed by atoms with van der Waals surface area (Å²) < 4.78 is 7.51. The summed E-state index contributed by atoms with van der Waals surface area (Å²) in [5.41, 5.74) is 2.89.